The van der Waals surface area contributed by atoms with Crippen LogP contribution in [0, 0.1) is 5.82 Å². The summed E-state index contributed by atoms with van der Waals surface area (Å²) in [6, 6.07) is 5.92. The number of benzene rings is 1. The number of nitrogens with two attached hydrogens (primary N) is 1. The molecule has 0 aliphatic rings. The molecule has 1 heterocycles. The lowest BCUT2D eigenvalue weighted by molar-refractivity contribution is 0.628. The highest BCUT2D eigenvalue weighted by Gasteiger charge is 2.12. The molecule has 16 heavy (non-hydrogen) atoms. The van der Waals surface area contributed by atoms with Gasteiger partial charge in [-0.05, 0) is 24.3 Å². The van der Waals surface area contributed by atoms with E-state index in [9.17, 15) is 9.18 Å². The Bertz CT molecular complexity index is 554. The van der Waals surface area contributed by atoms with Crippen molar-refractivity contribution in [2.75, 3.05) is 0 Å². The Labute approximate surface area is 91.5 Å². The Hall–Kier alpha value is -1.88. The molecule has 1 aromatic carbocycles. The Kier molecular flexibility index (Phi) is 2.62. The normalized spacial score (nSPS) is 10.7. The minimum atomic E-state index is -0.309. The molecule has 3 N–H and O–H groups in total. The van der Waals surface area contributed by atoms with Gasteiger partial charge in [0.25, 0.3) is 5.56 Å². The topological polar surface area (TPSA) is 63.8 Å². The smallest absolute Gasteiger partial charge is 0.271 e. The third kappa shape index (κ3) is 1.65. The second kappa shape index (κ2) is 3.94. The monoisotopic (exact) mass is 221 g/mol. The van der Waals surface area contributed by atoms with E-state index >= 15 is 0 Å². The van der Waals surface area contributed by atoms with Crippen LogP contribution < -0.4 is 11.3 Å². The number of hydrogen-bond acceptors (Lipinski definition) is 2. The fourth-order valence-corrected chi connectivity index (χ4v) is 1.64. The highest BCUT2D eigenvalue weighted by molar-refractivity contribution is 5.62. The van der Waals surface area contributed by atoms with Crippen molar-refractivity contribution >= 4 is 0 Å². The van der Waals surface area contributed by atoms with Gasteiger partial charge in [-0.2, -0.15) is 0 Å². The van der Waals surface area contributed by atoms with Crippen molar-refractivity contribution < 1.29 is 4.39 Å². The summed E-state index contributed by atoms with van der Waals surface area (Å²) < 4.78 is 14.1. The SMILES string of the molecule is Cn1[nH]c(-c2ccc(F)cc2)c(CN)c1=O. The minimum Gasteiger partial charge on any atom is -0.326 e. The van der Waals surface area contributed by atoms with Crippen LogP contribution in [0.15, 0.2) is 29.1 Å². The zero-order chi connectivity index (χ0) is 11.7. The van der Waals surface area contributed by atoms with E-state index in [0.29, 0.717) is 11.3 Å². The van der Waals surface area contributed by atoms with E-state index < -0.39 is 0 Å². The predicted octanol–water partition coefficient (Wildman–Crippen LogP) is 0.978. The number of halogens is 1. The van der Waals surface area contributed by atoms with Gasteiger partial charge in [0, 0.05) is 19.2 Å². The molecule has 0 aliphatic carbocycles. The Morgan fingerprint density at radius 1 is 1.38 bits per heavy atom. The Morgan fingerprint density at radius 2 is 2.00 bits per heavy atom. The first-order valence-electron chi connectivity index (χ1n) is 4.87. The molecule has 2 aromatic rings. The molecule has 4 nitrogen and oxygen atoms in total. The molecule has 0 saturated heterocycles. The first-order valence-corrected chi connectivity index (χ1v) is 4.87. The van der Waals surface area contributed by atoms with Gasteiger partial charge in [0.15, 0.2) is 0 Å². The zero-order valence-corrected chi connectivity index (χ0v) is 8.83. The van der Waals surface area contributed by atoms with E-state index in [1.807, 2.05) is 0 Å². The number of nitrogens with one attached hydrogen (secondary N) is 1. The number of hydrogen-bond donors (Lipinski definition) is 2. The fraction of sp³-hybridized carbons (Fsp3) is 0.182. The zero-order valence-electron chi connectivity index (χ0n) is 8.83. The van der Waals surface area contributed by atoms with Gasteiger partial charge in [-0.25, -0.2) is 4.39 Å². The molecule has 5 heteroatoms. The van der Waals surface area contributed by atoms with Crippen LogP contribution in [0.25, 0.3) is 11.3 Å². The van der Waals surface area contributed by atoms with Crippen LogP contribution in [0.1, 0.15) is 5.56 Å². The van der Waals surface area contributed by atoms with Crippen molar-refractivity contribution in [1.29, 1.82) is 0 Å². The maximum Gasteiger partial charge on any atom is 0.271 e. The van der Waals surface area contributed by atoms with Crippen molar-refractivity contribution in [3.05, 3.63) is 46.0 Å². The molecule has 84 valence electrons. The van der Waals surface area contributed by atoms with Crippen LogP contribution in [0.5, 0.6) is 0 Å². The van der Waals surface area contributed by atoms with Crippen molar-refractivity contribution in [2.45, 2.75) is 6.54 Å². The molecule has 0 radical (unpaired) electrons. The maximum atomic E-state index is 12.8. The predicted molar refractivity (Wildman–Crippen MR) is 59.3 cm³/mol. The van der Waals surface area contributed by atoms with Crippen LogP contribution in [-0.4, -0.2) is 9.78 Å². The van der Waals surface area contributed by atoms with Crippen molar-refractivity contribution in [3.8, 4) is 11.3 Å². The van der Waals surface area contributed by atoms with E-state index in [4.69, 9.17) is 5.73 Å². The average Bonchev–Trinajstić information content (AvgIpc) is 2.56. The van der Waals surface area contributed by atoms with E-state index in [1.165, 1.54) is 16.8 Å². The van der Waals surface area contributed by atoms with Gasteiger partial charge in [-0.1, -0.05) is 0 Å². The molecule has 0 aliphatic heterocycles. The molecular formula is C11H12FN3O. The van der Waals surface area contributed by atoms with Gasteiger partial charge < -0.3 is 5.73 Å². The van der Waals surface area contributed by atoms with E-state index in [-0.39, 0.29) is 17.9 Å². The second-order valence-electron chi connectivity index (χ2n) is 3.54. The molecule has 0 unspecified atom stereocenters. The van der Waals surface area contributed by atoms with Gasteiger partial charge in [-0.15, -0.1) is 0 Å². The summed E-state index contributed by atoms with van der Waals surface area (Å²) in [7, 11) is 1.62. The number of aryl methyl sites for hydroxylation is 1. The molecule has 1 aromatic heterocycles. The molecule has 0 bridgehead atoms. The van der Waals surface area contributed by atoms with E-state index in [0.717, 1.165) is 5.56 Å². The fourth-order valence-electron chi connectivity index (χ4n) is 1.64. The summed E-state index contributed by atoms with van der Waals surface area (Å²) in [5.74, 6) is -0.309. The summed E-state index contributed by atoms with van der Waals surface area (Å²) in [6.45, 7) is 0.156. The van der Waals surface area contributed by atoms with Crippen LogP contribution in [-0.2, 0) is 13.6 Å². The third-order valence-electron chi connectivity index (χ3n) is 2.48. The van der Waals surface area contributed by atoms with Crippen molar-refractivity contribution in [1.82, 2.24) is 9.78 Å². The summed E-state index contributed by atoms with van der Waals surface area (Å²) in [4.78, 5) is 11.6. The first kappa shape index (κ1) is 10.6. The number of rotatable bonds is 2. The standard InChI is InChI=1S/C11H12FN3O/c1-15-11(16)9(6-13)10(14-15)7-2-4-8(12)5-3-7/h2-5,14H,6,13H2,1H3. The summed E-state index contributed by atoms with van der Waals surface area (Å²) >= 11 is 0. The van der Waals surface area contributed by atoms with Crippen molar-refractivity contribution in [2.24, 2.45) is 12.8 Å². The summed E-state index contributed by atoms with van der Waals surface area (Å²) in [6.07, 6.45) is 0. The van der Waals surface area contributed by atoms with Crippen molar-refractivity contribution in [3.63, 3.8) is 0 Å². The molecule has 2 rings (SSSR count). The quantitative estimate of drug-likeness (QED) is 0.794. The number of nitrogens with zero attached hydrogens (tertiary/aromatic N) is 1. The second-order valence-corrected chi connectivity index (χ2v) is 3.54. The van der Waals surface area contributed by atoms with Gasteiger partial charge in [-0.3, -0.25) is 14.6 Å². The number of aromatic nitrogens is 2. The highest BCUT2D eigenvalue weighted by atomic mass is 19.1. The third-order valence-corrected chi connectivity index (χ3v) is 2.48. The van der Waals surface area contributed by atoms with Gasteiger partial charge >= 0.3 is 0 Å². The Morgan fingerprint density at radius 3 is 2.56 bits per heavy atom. The molecule has 0 fully saturated rings. The molecule has 0 amide bonds. The van der Waals surface area contributed by atoms with Crippen LogP contribution in [0.3, 0.4) is 0 Å². The minimum absolute atomic E-state index is 0.151. The Balaban J connectivity index is 2.60. The van der Waals surface area contributed by atoms with E-state index in [1.54, 1.807) is 19.2 Å². The lowest BCUT2D eigenvalue weighted by Gasteiger charge is -2.00. The number of aromatic amines is 1. The summed E-state index contributed by atoms with van der Waals surface area (Å²) in [5, 5.41) is 2.90. The lowest BCUT2D eigenvalue weighted by Crippen LogP contribution is -2.17. The molecule has 0 spiro atoms. The molecule has 0 saturated carbocycles. The highest BCUT2D eigenvalue weighted by Crippen LogP contribution is 2.19. The van der Waals surface area contributed by atoms with Gasteiger partial charge in [0.2, 0.25) is 0 Å². The number of H-pyrrole nitrogens is 1. The van der Waals surface area contributed by atoms with Gasteiger partial charge in [0.1, 0.15) is 5.82 Å². The largest absolute Gasteiger partial charge is 0.326 e. The maximum absolute atomic E-state index is 12.8. The van der Waals surface area contributed by atoms with Crippen LogP contribution in [0.4, 0.5) is 4.39 Å². The average molecular weight is 221 g/mol. The molecular weight excluding hydrogens is 209 g/mol. The lowest BCUT2D eigenvalue weighted by atomic mass is 10.1. The van der Waals surface area contributed by atoms with Gasteiger partial charge in [0.05, 0.1) is 11.3 Å². The van der Waals surface area contributed by atoms with Crippen LogP contribution >= 0.6 is 0 Å². The van der Waals surface area contributed by atoms with E-state index in [2.05, 4.69) is 5.10 Å². The summed E-state index contributed by atoms with van der Waals surface area (Å²) in [5.41, 5.74) is 7.28. The molecule has 0 atom stereocenters. The van der Waals surface area contributed by atoms with Crippen LogP contribution in [0.2, 0.25) is 0 Å². The first-order chi connectivity index (χ1) is 7.63.